The zero-order valence-corrected chi connectivity index (χ0v) is 21.5. The van der Waals surface area contributed by atoms with E-state index in [0.717, 1.165) is 46.4 Å². The molecule has 1 aliphatic rings. The molecule has 1 aliphatic heterocycles. The molecule has 1 atom stereocenters. The van der Waals surface area contributed by atoms with Crippen LogP contribution in [-0.2, 0) is 19.4 Å². The Bertz CT molecular complexity index is 1370. The number of oxazole rings is 1. The molecule has 0 saturated heterocycles. The molecule has 37 heavy (non-hydrogen) atoms. The molecule has 3 heterocycles. The van der Waals surface area contributed by atoms with Gasteiger partial charge in [-0.1, -0.05) is 35.9 Å². The highest BCUT2D eigenvalue weighted by molar-refractivity contribution is 5.76. The number of amides is 2. The number of rotatable bonds is 7. The third-order valence-corrected chi connectivity index (χ3v) is 6.92. The van der Waals surface area contributed by atoms with E-state index in [1.165, 1.54) is 17.5 Å². The summed E-state index contributed by atoms with van der Waals surface area (Å²) in [6.07, 6.45) is 8.13. The molecule has 1 N–H and O–H groups in total. The maximum absolute atomic E-state index is 13.5. The maximum atomic E-state index is 13.5. The number of aromatic nitrogens is 2. The van der Waals surface area contributed by atoms with Crippen LogP contribution in [0.25, 0.3) is 0 Å². The lowest BCUT2D eigenvalue weighted by Gasteiger charge is -2.39. The highest BCUT2D eigenvalue weighted by Gasteiger charge is 2.33. The van der Waals surface area contributed by atoms with Gasteiger partial charge in [-0.3, -0.25) is 4.98 Å². The molecule has 0 bridgehead atoms. The van der Waals surface area contributed by atoms with Crippen LogP contribution in [0.4, 0.5) is 4.79 Å². The first-order valence-electron chi connectivity index (χ1n) is 12.6. The average Bonchev–Trinajstić information content (AvgIpc) is 3.42. The van der Waals surface area contributed by atoms with E-state index in [2.05, 4.69) is 72.5 Å². The van der Waals surface area contributed by atoms with Crippen molar-refractivity contribution in [2.75, 3.05) is 13.2 Å². The lowest BCUT2D eigenvalue weighted by atomic mass is 9.85. The summed E-state index contributed by atoms with van der Waals surface area (Å²) >= 11 is 0. The molecule has 2 amide bonds. The number of pyridine rings is 1. The van der Waals surface area contributed by atoms with E-state index < -0.39 is 0 Å². The van der Waals surface area contributed by atoms with Crippen LogP contribution >= 0.6 is 0 Å². The van der Waals surface area contributed by atoms with Crippen LogP contribution in [0, 0.1) is 20.8 Å². The Kier molecular flexibility index (Phi) is 7.21. The SMILES string of the molecule is Cc1ccc(C2c3cc(OCCc4cccnc4)c(C)cc3CCN2C(=O)NCc2cocn2)c(C)c1. The Labute approximate surface area is 217 Å². The topological polar surface area (TPSA) is 80.5 Å². The number of hydrogen-bond donors (Lipinski definition) is 1. The van der Waals surface area contributed by atoms with Crippen molar-refractivity contribution in [1.29, 1.82) is 0 Å². The predicted octanol–water partition coefficient (Wildman–Crippen LogP) is 5.47. The van der Waals surface area contributed by atoms with Crippen molar-refractivity contribution in [1.82, 2.24) is 20.2 Å². The number of urea groups is 1. The van der Waals surface area contributed by atoms with Crippen molar-refractivity contribution in [2.24, 2.45) is 0 Å². The minimum absolute atomic E-state index is 0.127. The molecule has 0 saturated carbocycles. The van der Waals surface area contributed by atoms with Crippen LogP contribution in [0.2, 0.25) is 0 Å². The standard InChI is InChI=1S/C30H32N4O3/c1-20-6-7-26(21(2)13-20)29-27-15-28(37-12-9-23-5-4-10-31-16-23)22(3)14-24(27)8-11-34(29)30(35)32-17-25-18-36-19-33-25/h4-7,10,13-16,18-19,29H,8-9,11-12,17H2,1-3H3,(H,32,35). The summed E-state index contributed by atoms with van der Waals surface area (Å²) in [5.41, 5.74) is 8.77. The molecule has 0 radical (unpaired) electrons. The molecule has 7 nitrogen and oxygen atoms in total. The second-order valence-electron chi connectivity index (χ2n) is 9.62. The second kappa shape index (κ2) is 10.9. The molecule has 5 rings (SSSR count). The minimum Gasteiger partial charge on any atom is -0.493 e. The van der Waals surface area contributed by atoms with Crippen LogP contribution in [0.5, 0.6) is 5.75 Å². The number of nitrogens with one attached hydrogen (secondary N) is 1. The molecule has 1 unspecified atom stereocenters. The summed E-state index contributed by atoms with van der Waals surface area (Å²) < 4.78 is 11.3. The van der Waals surface area contributed by atoms with Crippen molar-refractivity contribution in [2.45, 2.75) is 46.2 Å². The minimum atomic E-state index is -0.220. The molecule has 190 valence electrons. The van der Waals surface area contributed by atoms with Gasteiger partial charge in [-0.05, 0) is 72.7 Å². The molecule has 2 aromatic heterocycles. The summed E-state index contributed by atoms with van der Waals surface area (Å²) in [7, 11) is 0. The Morgan fingerprint density at radius 1 is 1.14 bits per heavy atom. The van der Waals surface area contributed by atoms with E-state index >= 15 is 0 Å². The molecule has 0 fully saturated rings. The van der Waals surface area contributed by atoms with Crippen LogP contribution in [0.15, 0.2) is 71.9 Å². The number of ether oxygens (including phenoxy) is 1. The molecule has 2 aromatic carbocycles. The van der Waals surface area contributed by atoms with Gasteiger partial charge in [-0.15, -0.1) is 0 Å². The van der Waals surface area contributed by atoms with Crippen LogP contribution in [-0.4, -0.2) is 34.1 Å². The number of carbonyl (C=O) groups excluding carboxylic acids is 1. The van der Waals surface area contributed by atoms with E-state index in [1.807, 2.05) is 17.2 Å². The molecule has 4 aromatic rings. The maximum Gasteiger partial charge on any atom is 0.318 e. The summed E-state index contributed by atoms with van der Waals surface area (Å²) in [6, 6.07) is 14.4. The Morgan fingerprint density at radius 2 is 2.03 bits per heavy atom. The summed E-state index contributed by atoms with van der Waals surface area (Å²) in [6.45, 7) is 7.78. The Hall–Kier alpha value is -4.13. The van der Waals surface area contributed by atoms with Gasteiger partial charge in [0.25, 0.3) is 0 Å². The third-order valence-electron chi connectivity index (χ3n) is 6.92. The van der Waals surface area contributed by atoms with E-state index in [0.29, 0.717) is 25.4 Å². The first-order chi connectivity index (χ1) is 18.0. The van der Waals surface area contributed by atoms with Gasteiger partial charge in [0, 0.05) is 25.4 Å². The number of nitrogens with zero attached hydrogens (tertiary/aromatic N) is 3. The van der Waals surface area contributed by atoms with Crippen molar-refractivity contribution >= 4 is 6.03 Å². The van der Waals surface area contributed by atoms with Gasteiger partial charge in [0.2, 0.25) is 0 Å². The highest BCUT2D eigenvalue weighted by atomic mass is 16.5. The number of carbonyl (C=O) groups is 1. The summed E-state index contributed by atoms with van der Waals surface area (Å²) in [4.78, 5) is 23.7. The lowest BCUT2D eigenvalue weighted by Crippen LogP contribution is -2.46. The van der Waals surface area contributed by atoms with Gasteiger partial charge in [0.15, 0.2) is 6.39 Å². The van der Waals surface area contributed by atoms with Crippen LogP contribution < -0.4 is 10.1 Å². The monoisotopic (exact) mass is 496 g/mol. The van der Waals surface area contributed by atoms with Crippen LogP contribution in [0.3, 0.4) is 0 Å². The average molecular weight is 497 g/mol. The first-order valence-corrected chi connectivity index (χ1v) is 12.6. The van der Waals surface area contributed by atoms with Crippen molar-refractivity contribution < 1.29 is 13.9 Å². The summed E-state index contributed by atoms with van der Waals surface area (Å²) in [5.74, 6) is 0.849. The van der Waals surface area contributed by atoms with Gasteiger partial charge in [0.1, 0.15) is 12.0 Å². The quantitative estimate of drug-likeness (QED) is 0.367. The zero-order chi connectivity index (χ0) is 25.8. The van der Waals surface area contributed by atoms with Crippen molar-refractivity contribution in [3.8, 4) is 5.75 Å². The lowest BCUT2D eigenvalue weighted by molar-refractivity contribution is 0.179. The van der Waals surface area contributed by atoms with E-state index in [1.54, 1.807) is 12.5 Å². The van der Waals surface area contributed by atoms with E-state index in [4.69, 9.17) is 9.15 Å². The highest BCUT2D eigenvalue weighted by Crippen LogP contribution is 2.40. The smallest absolute Gasteiger partial charge is 0.318 e. The molecular formula is C30H32N4O3. The first kappa shape index (κ1) is 24.6. The molecule has 7 heteroatoms. The normalized spacial score (nSPS) is 14.8. The molecular weight excluding hydrogens is 464 g/mol. The number of hydrogen-bond acceptors (Lipinski definition) is 5. The predicted molar refractivity (Wildman–Crippen MR) is 142 cm³/mol. The number of aryl methyl sites for hydroxylation is 3. The summed E-state index contributed by atoms with van der Waals surface area (Å²) in [5, 5.41) is 3.02. The van der Waals surface area contributed by atoms with E-state index in [9.17, 15) is 4.79 Å². The van der Waals surface area contributed by atoms with E-state index in [-0.39, 0.29) is 12.1 Å². The fourth-order valence-electron chi connectivity index (χ4n) is 5.03. The fourth-order valence-corrected chi connectivity index (χ4v) is 5.03. The van der Waals surface area contributed by atoms with Gasteiger partial charge in [-0.25, -0.2) is 9.78 Å². The van der Waals surface area contributed by atoms with Crippen molar-refractivity contribution in [3.05, 3.63) is 112 Å². The Morgan fingerprint density at radius 3 is 2.78 bits per heavy atom. The van der Waals surface area contributed by atoms with Gasteiger partial charge in [-0.2, -0.15) is 0 Å². The van der Waals surface area contributed by atoms with Gasteiger partial charge < -0.3 is 19.4 Å². The van der Waals surface area contributed by atoms with Gasteiger partial charge >= 0.3 is 6.03 Å². The van der Waals surface area contributed by atoms with Gasteiger partial charge in [0.05, 0.1) is 24.9 Å². The largest absolute Gasteiger partial charge is 0.493 e. The number of benzene rings is 2. The fraction of sp³-hybridized carbons (Fsp3) is 0.300. The zero-order valence-electron chi connectivity index (χ0n) is 21.5. The Balaban J connectivity index is 1.45. The van der Waals surface area contributed by atoms with Crippen molar-refractivity contribution in [3.63, 3.8) is 0 Å². The molecule has 0 spiro atoms. The second-order valence-corrected chi connectivity index (χ2v) is 9.62. The third kappa shape index (κ3) is 5.50. The number of fused-ring (bicyclic) bond motifs is 1. The molecule has 0 aliphatic carbocycles. The van der Waals surface area contributed by atoms with Crippen LogP contribution in [0.1, 0.15) is 50.7 Å².